The Hall–Kier alpha value is -2.69. The van der Waals surface area contributed by atoms with Gasteiger partial charge in [0.25, 0.3) is 0 Å². The first-order valence-electron chi connectivity index (χ1n) is 6.28. The molecule has 0 aliphatic carbocycles. The second-order valence-corrected chi connectivity index (χ2v) is 4.79. The standard InChI is InChI=1S/C15H14N4O/c1-15(14(16)20,11-5-3-2-4-6-11)12-7-9-17-13-8-10-18-19(12)13/h2-10H,1H3,(H2,16,20). The molecule has 0 saturated carbocycles. The maximum Gasteiger partial charge on any atom is 0.233 e. The molecule has 20 heavy (non-hydrogen) atoms. The number of rotatable bonds is 3. The van der Waals surface area contributed by atoms with Gasteiger partial charge in [0.2, 0.25) is 5.91 Å². The van der Waals surface area contributed by atoms with Crippen LogP contribution in [0.5, 0.6) is 0 Å². The van der Waals surface area contributed by atoms with Crippen LogP contribution >= 0.6 is 0 Å². The lowest BCUT2D eigenvalue weighted by atomic mass is 9.78. The van der Waals surface area contributed by atoms with E-state index in [1.54, 1.807) is 36.0 Å². The van der Waals surface area contributed by atoms with Crippen molar-refractivity contribution >= 4 is 11.6 Å². The van der Waals surface area contributed by atoms with Gasteiger partial charge in [-0.15, -0.1) is 0 Å². The molecule has 0 aliphatic heterocycles. The molecule has 3 rings (SSSR count). The topological polar surface area (TPSA) is 73.3 Å². The predicted octanol–water partition coefficient (Wildman–Crippen LogP) is 1.52. The number of hydrogen-bond donors (Lipinski definition) is 1. The normalized spacial score (nSPS) is 14.1. The highest BCUT2D eigenvalue weighted by Gasteiger charge is 2.37. The van der Waals surface area contributed by atoms with Gasteiger partial charge in [-0.05, 0) is 18.6 Å². The minimum absolute atomic E-state index is 0.424. The van der Waals surface area contributed by atoms with E-state index < -0.39 is 11.3 Å². The van der Waals surface area contributed by atoms with Crippen LogP contribution in [0.3, 0.4) is 0 Å². The van der Waals surface area contributed by atoms with E-state index >= 15 is 0 Å². The lowest BCUT2D eigenvalue weighted by molar-refractivity contribution is -0.121. The van der Waals surface area contributed by atoms with Crippen LogP contribution in [0, 0.1) is 0 Å². The minimum atomic E-state index is -0.964. The first-order chi connectivity index (χ1) is 9.64. The zero-order valence-corrected chi connectivity index (χ0v) is 11.0. The molecule has 2 N–H and O–H groups in total. The van der Waals surface area contributed by atoms with Gasteiger partial charge in [-0.25, -0.2) is 9.50 Å². The molecule has 0 radical (unpaired) electrons. The van der Waals surface area contributed by atoms with Crippen molar-refractivity contribution < 1.29 is 4.79 Å². The Morgan fingerprint density at radius 1 is 1.15 bits per heavy atom. The van der Waals surface area contributed by atoms with Gasteiger partial charge in [-0.2, -0.15) is 5.10 Å². The highest BCUT2D eigenvalue weighted by Crippen LogP contribution is 2.31. The van der Waals surface area contributed by atoms with E-state index in [0.29, 0.717) is 11.3 Å². The number of nitrogens with zero attached hydrogens (tertiary/aromatic N) is 3. The number of benzene rings is 1. The summed E-state index contributed by atoms with van der Waals surface area (Å²) in [4.78, 5) is 16.4. The summed E-state index contributed by atoms with van der Waals surface area (Å²) >= 11 is 0. The fourth-order valence-corrected chi connectivity index (χ4v) is 2.40. The average Bonchev–Trinajstić information content (AvgIpc) is 2.95. The molecule has 5 heteroatoms. The smallest absolute Gasteiger partial charge is 0.233 e. The second-order valence-electron chi connectivity index (χ2n) is 4.79. The van der Waals surface area contributed by atoms with E-state index in [1.807, 2.05) is 30.3 Å². The lowest BCUT2D eigenvalue weighted by Crippen LogP contribution is -2.41. The van der Waals surface area contributed by atoms with Gasteiger partial charge in [0.05, 0.1) is 11.9 Å². The molecule has 1 aromatic carbocycles. The third-order valence-corrected chi connectivity index (χ3v) is 3.65. The number of fused-ring (bicyclic) bond motifs is 1. The third kappa shape index (κ3) is 1.67. The van der Waals surface area contributed by atoms with Crippen LogP contribution < -0.4 is 5.73 Å². The first kappa shape index (κ1) is 12.3. The van der Waals surface area contributed by atoms with Crippen molar-refractivity contribution in [1.29, 1.82) is 0 Å². The van der Waals surface area contributed by atoms with Gasteiger partial charge >= 0.3 is 0 Å². The Balaban J connectivity index is 2.32. The van der Waals surface area contributed by atoms with Crippen LogP contribution in [0.2, 0.25) is 0 Å². The van der Waals surface area contributed by atoms with E-state index in [0.717, 1.165) is 5.56 Å². The maximum absolute atomic E-state index is 12.1. The Labute approximate surface area is 116 Å². The number of carbonyl (C=O) groups is 1. The highest BCUT2D eigenvalue weighted by atomic mass is 16.1. The Morgan fingerprint density at radius 2 is 1.90 bits per heavy atom. The van der Waals surface area contributed by atoms with Gasteiger partial charge in [0.1, 0.15) is 5.41 Å². The molecule has 0 spiro atoms. The maximum atomic E-state index is 12.1. The van der Waals surface area contributed by atoms with Crippen LogP contribution in [0.15, 0.2) is 54.9 Å². The number of amides is 1. The van der Waals surface area contributed by atoms with Gasteiger partial charge in [-0.1, -0.05) is 30.3 Å². The van der Waals surface area contributed by atoms with Crippen molar-refractivity contribution in [3.05, 3.63) is 66.1 Å². The molecule has 0 bridgehead atoms. The van der Waals surface area contributed by atoms with Crippen molar-refractivity contribution in [3.8, 4) is 0 Å². The molecule has 3 aromatic rings. The third-order valence-electron chi connectivity index (χ3n) is 3.65. The van der Waals surface area contributed by atoms with Crippen molar-refractivity contribution in [2.24, 2.45) is 5.73 Å². The first-order valence-corrected chi connectivity index (χ1v) is 6.28. The fraction of sp³-hybridized carbons (Fsp3) is 0.133. The van der Waals surface area contributed by atoms with E-state index in [4.69, 9.17) is 5.73 Å². The van der Waals surface area contributed by atoms with E-state index in [1.165, 1.54) is 0 Å². The Bertz CT molecular complexity index is 766. The van der Waals surface area contributed by atoms with Crippen LogP contribution in [0.4, 0.5) is 0 Å². The van der Waals surface area contributed by atoms with Gasteiger partial charge in [0, 0.05) is 12.3 Å². The molecular weight excluding hydrogens is 252 g/mol. The molecule has 0 saturated heterocycles. The van der Waals surface area contributed by atoms with Crippen LogP contribution in [-0.2, 0) is 10.2 Å². The summed E-state index contributed by atoms with van der Waals surface area (Å²) in [6, 6.07) is 13.0. The predicted molar refractivity (Wildman–Crippen MR) is 75.1 cm³/mol. The largest absolute Gasteiger partial charge is 0.369 e. The van der Waals surface area contributed by atoms with E-state index in [2.05, 4.69) is 10.1 Å². The molecule has 1 atom stereocenters. The van der Waals surface area contributed by atoms with Gasteiger partial charge in [-0.3, -0.25) is 4.79 Å². The number of primary amides is 1. The van der Waals surface area contributed by atoms with E-state index in [-0.39, 0.29) is 0 Å². The Morgan fingerprint density at radius 3 is 2.60 bits per heavy atom. The minimum Gasteiger partial charge on any atom is -0.369 e. The molecular formula is C15H14N4O. The van der Waals surface area contributed by atoms with Crippen LogP contribution in [-0.4, -0.2) is 20.5 Å². The van der Waals surface area contributed by atoms with Gasteiger partial charge in [0.15, 0.2) is 5.65 Å². The van der Waals surface area contributed by atoms with Crippen molar-refractivity contribution in [2.45, 2.75) is 12.3 Å². The molecule has 1 unspecified atom stereocenters. The number of aromatic nitrogens is 3. The molecule has 2 aromatic heterocycles. The highest BCUT2D eigenvalue weighted by molar-refractivity contribution is 5.89. The zero-order chi connectivity index (χ0) is 14.2. The Kier molecular flexibility index (Phi) is 2.75. The number of nitrogens with two attached hydrogens (primary N) is 1. The lowest BCUT2D eigenvalue weighted by Gasteiger charge is -2.27. The summed E-state index contributed by atoms with van der Waals surface area (Å²) in [7, 11) is 0. The molecule has 0 aliphatic rings. The van der Waals surface area contributed by atoms with E-state index in [9.17, 15) is 4.79 Å². The van der Waals surface area contributed by atoms with Crippen LogP contribution in [0.25, 0.3) is 5.65 Å². The summed E-state index contributed by atoms with van der Waals surface area (Å²) in [5, 5.41) is 4.24. The fourth-order valence-electron chi connectivity index (χ4n) is 2.40. The molecule has 2 heterocycles. The number of hydrogen-bond acceptors (Lipinski definition) is 3. The SMILES string of the molecule is CC(C(N)=O)(c1ccccc1)c1ccnc2ccnn12. The average molecular weight is 266 g/mol. The molecule has 5 nitrogen and oxygen atoms in total. The molecule has 100 valence electrons. The van der Waals surface area contributed by atoms with Crippen molar-refractivity contribution in [3.63, 3.8) is 0 Å². The summed E-state index contributed by atoms with van der Waals surface area (Å²) in [5.74, 6) is -0.424. The zero-order valence-electron chi connectivity index (χ0n) is 11.0. The van der Waals surface area contributed by atoms with Gasteiger partial charge < -0.3 is 5.73 Å². The summed E-state index contributed by atoms with van der Waals surface area (Å²) < 4.78 is 1.65. The molecule has 1 amide bonds. The summed E-state index contributed by atoms with van der Waals surface area (Å²) in [5.41, 5.74) is 6.95. The monoisotopic (exact) mass is 266 g/mol. The van der Waals surface area contributed by atoms with Crippen LogP contribution in [0.1, 0.15) is 18.2 Å². The van der Waals surface area contributed by atoms with Crippen molar-refractivity contribution in [2.75, 3.05) is 0 Å². The number of carbonyl (C=O) groups excluding carboxylic acids is 1. The second kappa shape index (κ2) is 4.45. The van der Waals surface area contributed by atoms with Crippen molar-refractivity contribution in [1.82, 2.24) is 14.6 Å². The quantitative estimate of drug-likeness (QED) is 0.781. The summed E-state index contributed by atoms with van der Waals surface area (Å²) in [6.45, 7) is 1.81. The summed E-state index contributed by atoms with van der Waals surface area (Å²) in [6.07, 6.45) is 3.31. The molecule has 0 fully saturated rings.